The summed E-state index contributed by atoms with van der Waals surface area (Å²) in [5.74, 6) is 0.233. The molecule has 4 N–H and O–H groups in total. The van der Waals surface area contributed by atoms with Crippen LogP contribution in [0.15, 0.2) is 36.4 Å². The van der Waals surface area contributed by atoms with Crippen LogP contribution in [0.4, 0.5) is 5.69 Å². The first kappa shape index (κ1) is 10.9. The van der Waals surface area contributed by atoms with Gasteiger partial charge in [-0.05, 0) is 30.3 Å². The Kier molecular flexibility index (Phi) is 2.87. The van der Waals surface area contributed by atoms with E-state index in [4.69, 9.17) is 16.2 Å². The lowest BCUT2D eigenvalue weighted by atomic mass is 10.3. The lowest BCUT2D eigenvalue weighted by Crippen LogP contribution is -2.13. The fourth-order valence-corrected chi connectivity index (χ4v) is 1.16. The average Bonchev–Trinajstić information content (AvgIpc) is 2.33. The number of amides is 1. The van der Waals surface area contributed by atoms with Crippen molar-refractivity contribution in [3.63, 3.8) is 0 Å². The van der Waals surface area contributed by atoms with Crippen molar-refractivity contribution in [3.05, 3.63) is 42.1 Å². The number of nitrogens with zero attached hydrogens (tertiary/aromatic N) is 2. The van der Waals surface area contributed by atoms with Gasteiger partial charge in [0, 0.05) is 11.8 Å². The highest BCUT2D eigenvalue weighted by Crippen LogP contribution is 2.19. The van der Waals surface area contributed by atoms with Gasteiger partial charge in [-0.15, -0.1) is 10.2 Å². The molecule has 0 aliphatic carbocycles. The van der Waals surface area contributed by atoms with E-state index >= 15 is 0 Å². The maximum absolute atomic E-state index is 10.8. The van der Waals surface area contributed by atoms with Gasteiger partial charge in [0.05, 0.1) is 0 Å². The number of primary amides is 1. The molecule has 1 heterocycles. The van der Waals surface area contributed by atoms with Crippen LogP contribution in [-0.4, -0.2) is 16.1 Å². The minimum atomic E-state index is -0.628. The molecule has 1 amide bonds. The number of hydrogen-bond donors (Lipinski definition) is 2. The first-order chi connectivity index (χ1) is 8.15. The van der Waals surface area contributed by atoms with Gasteiger partial charge in [-0.1, -0.05) is 0 Å². The summed E-state index contributed by atoms with van der Waals surface area (Å²) in [6.07, 6.45) is 0. The van der Waals surface area contributed by atoms with Crippen LogP contribution in [0.25, 0.3) is 0 Å². The second kappa shape index (κ2) is 4.48. The van der Waals surface area contributed by atoms with Crippen LogP contribution in [0.1, 0.15) is 10.5 Å². The third-order valence-electron chi connectivity index (χ3n) is 2.00. The predicted molar refractivity (Wildman–Crippen MR) is 61.5 cm³/mol. The summed E-state index contributed by atoms with van der Waals surface area (Å²) in [6.45, 7) is 0. The molecular formula is C11H10N4O2. The van der Waals surface area contributed by atoms with Crippen molar-refractivity contribution in [1.82, 2.24) is 10.2 Å². The van der Waals surface area contributed by atoms with Crippen LogP contribution in [0.3, 0.4) is 0 Å². The third kappa shape index (κ3) is 2.69. The number of benzene rings is 1. The fourth-order valence-electron chi connectivity index (χ4n) is 1.16. The molecule has 0 radical (unpaired) electrons. The topological polar surface area (TPSA) is 104 Å². The zero-order valence-electron chi connectivity index (χ0n) is 8.83. The Morgan fingerprint density at radius 3 is 2.29 bits per heavy atom. The summed E-state index contributed by atoms with van der Waals surface area (Å²) >= 11 is 0. The van der Waals surface area contributed by atoms with Gasteiger partial charge in [-0.25, -0.2) is 0 Å². The van der Waals surface area contributed by atoms with Gasteiger partial charge in [0.2, 0.25) is 5.88 Å². The predicted octanol–water partition coefficient (Wildman–Crippen LogP) is 0.950. The first-order valence-electron chi connectivity index (χ1n) is 4.82. The van der Waals surface area contributed by atoms with Crippen LogP contribution in [-0.2, 0) is 0 Å². The van der Waals surface area contributed by atoms with Crippen molar-refractivity contribution in [1.29, 1.82) is 0 Å². The summed E-state index contributed by atoms with van der Waals surface area (Å²) in [7, 11) is 0. The quantitative estimate of drug-likeness (QED) is 0.764. The number of nitrogen functional groups attached to an aromatic ring is 1. The fraction of sp³-hybridized carbons (Fsp3) is 0. The van der Waals surface area contributed by atoms with E-state index in [1.165, 1.54) is 12.1 Å². The Morgan fingerprint density at radius 2 is 1.76 bits per heavy atom. The van der Waals surface area contributed by atoms with Crippen molar-refractivity contribution in [3.8, 4) is 11.6 Å². The number of carbonyl (C=O) groups is 1. The number of hydrogen-bond acceptors (Lipinski definition) is 5. The van der Waals surface area contributed by atoms with Crippen LogP contribution in [0, 0.1) is 0 Å². The summed E-state index contributed by atoms with van der Waals surface area (Å²) in [5.41, 5.74) is 11.3. The second-order valence-electron chi connectivity index (χ2n) is 3.29. The van der Waals surface area contributed by atoms with E-state index in [0.717, 1.165) is 0 Å². The van der Waals surface area contributed by atoms with E-state index in [9.17, 15) is 4.79 Å². The molecule has 0 fully saturated rings. The van der Waals surface area contributed by atoms with E-state index in [1.807, 2.05) is 0 Å². The number of anilines is 1. The molecule has 0 saturated heterocycles. The second-order valence-corrected chi connectivity index (χ2v) is 3.29. The van der Waals surface area contributed by atoms with Gasteiger partial charge in [0.1, 0.15) is 5.75 Å². The normalized spacial score (nSPS) is 9.88. The number of carbonyl (C=O) groups excluding carboxylic acids is 1. The minimum Gasteiger partial charge on any atom is -0.438 e. The van der Waals surface area contributed by atoms with Crippen LogP contribution in [0.5, 0.6) is 11.6 Å². The smallest absolute Gasteiger partial charge is 0.269 e. The molecule has 0 spiro atoms. The number of ether oxygens (including phenoxy) is 1. The highest BCUT2D eigenvalue weighted by Gasteiger charge is 2.04. The summed E-state index contributed by atoms with van der Waals surface area (Å²) in [5, 5.41) is 7.33. The van der Waals surface area contributed by atoms with E-state index in [-0.39, 0.29) is 11.6 Å². The van der Waals surface area contributed by atoms with Crippen molar-refractivity contribution >= 4 is 11.6 Å². The summed E-state index contributed by atoms with van der Waals surface area (Å²) < 4.78 is 5.39. The van der Waals surface area contributed by atoms with Gasteiger partial charge in [0.15, 0.2) is 5.69 Å². The maximum atomic E-state index is 10.8. The van der Waals surface area contributed by atoms with Crippen molar-refractivity contribution < 1.29 is 9.53 Å². The molecule has 0 aliphatic heterocycles. The lowest BCUT2D eigenvalue weighted by Gasteiger charge is -2.04. The van der Waals surface area contributed by atoms with Crippen LogP contribution >= 0.6 is 0 Å². The Balaban J connectivity index is 2.13. The monoisotopic (exact) mass is 230 g/mol. The highest BCUT2D eigenvalue weighted by atomic mass is 16.5. The summed E-state index contributed by atoms with van der Waals surface area (Å²) in [6, 6.07) is 9.80. The van der Waals surface area contributed by atoms with Crippen molar-refractivity contribution in [2.45, 2.75) is 0 Å². The molecule has 17 heavy (non-hydrogen) atoms. The zero-order valence-corrected chi connectivity index (χ0v) is 8.83. The molecule has 1 aromatic heterocycles. The zero-order chi connectivity index (χ0) is 12.3. The van der Waals surface area contributed by atoms with E-state index < -0.39 is 5.91 Å². The van der Waals surface area contributed by atoms with Crippen molar-refractivity contribution in [2.75, 3.05) is 5.73 Å². The molecule has 0 saturated carbocycles. The Bertz CT molecular complexity index is 522. The van der Waals surface area contributed by atoms with Crippen LogP contribution in [0.2, 0.25) is 0 Å². The largest absolute Gasteiger partial charge is 0.438 e. The molecule has 86 valence electrons. The SMILES string of the molecule is NC(=O)c1ccc(Oc2ccc(N)cc2)nn1. The van der Waals surface area contributed by atoms with Gasteiger partial charge in [-0.2, -0.15) is 0 Å². The molecule has 0 aliphatic rings. The number of rotatable bonds is 3. The number of aromatic nitrogens is 2. The molecule has 2 rings (SSSR count). The Hall–Kier alpha value is -2.63. The molecule has 0 unspecified atom stereocenters. The average molecular weight is 230 g/mol. The van der Waals surface area contributed by atoms with Gasteiger partial charge < -0.3 is 16.2 Å². The molecule has 2 aromatic rings. The van der Waals surface area contributed by atoms with Crippen LogP contribution < -0.4 is 16.2 Å². The summed E-state index contributed by atoms with van der Waals surface area (Å²) in [4.78, 5) is 10.8. The van der Waals surface area contributed by atoms with E-state index in [0.29, 0.717) is 11.4 Å². The molecular weight excluding hydrogens is 220 g/mol. The van der Waals surface area contributed by atoms with E-state index in [2.05, 4.69) is 10.2 Å². The molecule has 6 heteroatoms. The van der Waals surface area contributed by atoms with Gasteiger partial charge in [-0.3, -0.25) is 4.79 Å². The highest BCUT2D eigenvalue weighted by molar-refractivity contribution is 5.90. The molecule has 1 aromatic carbocycles. The maximum Gasteiger partial charge on any atom is 0.269 e. The molecule has 6 nitrogen and oxygen atoms in total. The van der Waals surface area contributed by atoms with Gasteiger partial charge in [0.25, 0.3) is 5.91 Å². The minimum absolute atomic E-state index is 0.0923. The van der Waals surface area contributed by atoms with Gasteiger partial charge >= 0.3 is 0 Å². The van der Waals surface area contributed by atoms with Crippen molar-refractivity contribution in [2.24, 2.45) is 5.73 Å². The Morgan fingerprint density at radius 1 is 1.06 bits per heavy atom. The third-order valence-corrected chi connectivity index (χ3v) is 2.00. The standard InChI is InChI=1S/C11H10N4O2/c12-7-1-3-8(4-2-7)17-10-6-5-9(11(13)16)14-15-10/h1-6H,12H2,(H2,13,16). The first-order valence-corrected chi connectivity index (χ1v) is 4.82. The number of nitrogens with two attached hydrogens (primary N) is 2. The Labute approximate surface area is 97.2 Å². The van der Waals surface area contributed by atoms with E-state index in [1.54, 1.807) is 24.3 Å². The molecule has 0 bridgehead atoms. The lowest BCUT2D eigenvalue weighted by molar-refractivity contribution is 0.0994. The molecule has 0 atom stereocenters.